The van der Waals surface area contributed by atoms with E-state index in [0.717, 1.165) is 12.5 Å². The molecule has 0 aromatic heterocycles. The van der Waals surface area contributed by atoms with Crippen LogP contribution in [0, 0.1) is 11.8 Å². The maximum absolute atomic E-state index is 9.99. The molecule has 2 saturated carbocycles. The predicted molar refractivity (Wildman–Crippen MR) is 62.8 cm³/mol. The average Bonchev–Trinajstić information content (AvgIpc) is 2.86. The SMILES string of the molecule is CC(CC1CC1)NCC(O)C1CCCC1. The van der Waals surface area contributed by atoms with Gasteiger partial charge in [0.25, 0.3) is 0 Å². The van der Waals surface area contributed by atoms with Crippen LogP contribution in [-0.2, 0) is 0 Å². The van der Waals surface area contributed by atoms with E-state index >= 15 is 0 Å². The molecule has 88 valence electrons. The van der Waals surface area contributed by atoms with Gasteiger partial charge in [0.05, 0.1) is 6.10 Å². The standard InChI is InChI=1S/C13H25NO/c1-10(8-11-6-7-11)14-9-13(15)12-4-2-3-5-12/h10-15H,2-9H2,1H3. The Hall–Kier alpha value is -0.0800. The third kappa shape index (κ3) is 3.76. The van der Waals surface area contributed by atoms with Gasteiger partial charge in [0.15, 0.2) is 0 Å². The van der Waals surface area contributed by atoms with Crippen molar-refractivity contribution in [1.82, 2.24) is 5.32 Å². The smallest absolute Gasteiger partial charge is 0.0692 e. The van der Waals surface area contributed by atoms with Crippen LogP contribution in [0.2, 0.25) is 0 Å². The minimum absolute atomic E-state index is 0.103. The molecule has 2 N–H and O–H groups in total. The third-order valence-electron chi connectivity index (χ3n) is 4.00. The lowest BCUT2D eigenvalue weighted by Gasteiger charge is -2.21. The lowest BCUT2D eigenvalue weighted by atomic mass is 10.0. The van der Waals surface area contributed by atoms with E-state index in [2.05, 4.69) is 12.2 Å². The second kappa shape index (κ2) is 5.31. The number of rotatable bonds is 6. The number of nitrogens with one attached hydrogen (secondary N) is 1. The maximum atomic E-state index is 9.99. The van der Waals surface area contributed by atoms with E-state index in [1.807, 2.05) is 0 Å². The first-order valence-corrected chi connectivity index (χ1v) is 6.67. The lowest BCUT2D eigenvalue weighted by Crippen LogP contribution is -2.37. The van der Waals surface area contributed by atoms with Crippen LogP contribution in [0.4, 0.5) is 0 Å². The van der Waals surface area contributed by atoms with Crippen molar-refractivity contribution in [3.05, 3.63) is 0 Å². The fourth-order valence-electron chi connectivity index (χ4n) is 2.77. The van der Waals surface area contributed by atoms with E-state index in [-0.39, 0.29) is 6.10 Å². The van der Waals surface area contributed by atoms with Gasteiger partial charge in [-0.25, -0.2) is 0 Å². The van der Waals surface area contributed by atoms with E-state index in [1.165, 1.54) is 44.9 Å². The van der Waals surface area contributed by atoms with Gasteiger partial charge in [-0.05, 0) is 38.0 Å². The summed E-state index contributed by atoms with van der Waals surface area (Å²) in [6, 6.07) is 0.591. The minimum atomic E-state index is -0.103. The summed E-state index contributed by atoms with van der Waals surface area (Å²) in [5.74, 6) is 1.56. The Labute approximate surface area is 93.5 Å². The molecule has 0 bridgehead atoms. The molecule has 2 fully saturated rings. The van der Waals surface area contributed by atoms with Crippen molar-refractivity contribution in [2.24, 2.45) is 11.8 Å². The zero-order chi connectivity index (χ0) is 10.7. The highest BCUT2D eigenvalue weighted by Gasteiger charge is 2.25. The van der Waals surface area contributed by atoms with Crippen LogP contribution in [0.15, 0.2) is 0 Å². The molecule has 0 aromatic rings. The number of aliphatic hydroxyl groups excluding tert-OH is 1. The predicted octanol–water partition coefficient (Wildman–Crippen LogP) is 2.32. The molecular weight excluding hydrogens is 186 g/mol. The molecule has 0 amide bonds. The Kier molecular flexibility index (Phi) is 4.04. The van der Waals surface area contributed by atoms with E-state index in [9.17, 15) is 5.11 Å². The van der Waals surface area contributed by atoms with Crippen LogP contribution >= 0.6 is 0 Å². The molecule has 15 heavy (non-hydrogen) atoms. The third-order valence-corrected chi connectivity index (χ3v) is 4.00. The van der Waals surface area contributed by atoms with E-state index < -0.39 is 0 Å². The Morgan fingerprint density at radius 1 is 1.20 bits per heavy atom. The summed E-state index contributed by atoms with van der Waals surface area (Å²) >= 11 is 0. The summed E-state index contributed by atoms with van der Waals surface area (Å²) in [4.78, 5) is 0. The zero-order valence-electron chi connectivity index (χ0n) is 9.91. The van der Waals surface area contributed by atoms with Gasteiger partial charge >= 0.3 is 0 Å². The molecule has 2 unspecified atom stereocenters. The second-order valence-corrected chi connectivity index (χ2v) is 5.60. The highest BCUT2D eigenvalue weighted by molar-refractivity contribution is 4.80. The van der Waals surface area contributed by atoms with Gasteiger partial charge in [-0.15, -0.1) is 0 Å². The molecule has 2 atom stereocenters. The first-order chi connectivity index (χ1) is 7.25. The molecule has 2 nitrogen and oxygen atoms in total. The molecule has 0 spiro atoms. The van der Waals surface area contributed by atoms with E-state index in [4.69, 9.17) is 0 Å². The summed E-state index contributed by atoms with van der Waals surface area (Å²) < 4.78 is 0. The average molecular weight is 211 g/mol. The Bertz CT molecular complexity index is 185. The number of aliphatic hydroxyl groups is 1. The summed E-state index contributed by atoms with van der Waals surface area (Å²) in [7, 11) is 0. The normalized spacial score (nSPS) is 26.8. The fourth-order valence-corrected chi connectivity index (χ4v) is 2.77. The topological polar surface area (TPSA) is 32.3 Å². The van der Waals surface area contributed by atoms with Crippen molar-refractivity contribution in [1.29, 1.82) is 0 Å². The molecular formula is C13H25NO. The first kappa shape index (κ1) is 11.4. The minimum Gasteiger partial charge on any atom is -0.392 e. The van der Waals surface area contributed by atoms with Gasteiger partial charge in [-0.2, -0.15) is 0 Å². The van der Waals surface area contributed by atoms with Gasteiger partial charge in [0.1, 0.15) is 0 Å². The molecule has 0 aromatic carbocycles. The monoisotopic (exact) mass is 211 g/mol. The van der Waals surface area contributed by atoms with Crippen molar-refractivity contribution in [3.63, 3.8) is 0 Å². The molecule has 2 heteroatoms. The quantitative estimate of drug-likeness (QED) is 0.706. The van der Waals surface area contributed by atoms with Crippen molar-refractivity contribution in [3.8, 4) is 0 Å². The Balaban J connectivity index is 1.58. The molecule has 0 heterocycles. The largest absolute Gasteiger partial charge is 0.392 e. The highest BCUT2D eigenvalue weighted by atomic mass is 16.3. The summed E-state index contributed by atoms with van der Waals surface area (Å²) in [5, 5.41) is 13.5. The molecule has 0 aliphatic heterocycles. The number of hydrogen-bond donors (Lipinski definition) is 2. The zero-order valence-corrected chi connectivity index (χ0v) is 9.91. The molecule has 2 aliphatic rings. The van der Waals surface area contributed by atoms with E-state index in [1.54, 1.807) is 0 Å². The molecule has 0 radical (unpaired) electrons. The van der Waals surface area contributed by atoms with Crippen LogP contribution in [0.1, 0.15) is 51.9 Å². The highest BCUT2D eigenvalue weighted by Crippen LogP contribution is 2.33. The Morgan fingerprint density at radius 3 is 2.47 bits per heavy atom. The van der Waals surface area contributed by atoms with Gasteiger partial charge in [0.2, 0.25) is 0 Å². The second-order valence-electron chi connectivity index (χ2n) is 5.60. The molecule has 2 aliphatic carbocycles. The summed E-state index contributed by atoms with van der Waals surface area (Å²) in [6.45, 7) is 3.05. The van der Waals surface area contributed by atoms with Crippen molar-refractivity contribution in [2.75, 3.05) is 6.54 Å². The summed E-state index contributed by atoms with van der Waals surface area (Å²) in [6.07, 6.45) is 9.17. The fraction of sp³-hybridized carbons (Fsp3) is 1.00. The molecule has 0 saturated heterocycles. The van der Waals surface area contributed by atoms with Crippen LogP contribution in [0.25, 0.3) is 0 Å². The van der Waals surface area contributed by atoms with Gasteiger partial charge in [0, 0.05) is 12.6 Å². The van der Waals surface area contributed by atoms with Gasteiger partial charge in [-0.1, -0.05) is 25.7 Å². The van der Waals surface area contributed by atoms with Crippen molar-refractivity contribution in [2.45, 2.75) is 64.0 Å². The lowest BCUT2D eigenvalue weighted by molar-refractivity contribution is 0.106. The van der Waals surface area contributed by atoms with Crippen molar-refractivity contribution >= 4 is 0 Å². The van der Waals surface area contributed by atoms with Crippen LogP contribution in [0.3, 0.4) is 0 Å². The maximum Gasteiger partial charge on any atom is 0.0692 e. The number of hydrogen-bond acceptors (Lipinski definition) is 2. The Morgan fingerprint density at radius 2 is 1.87 bits per heavy atom. The summed E-state index contributed by atoms with van der Waals surface area (Å²) in [5.41, 5.74) is 0. The van der Waals surface area contributed by atoms with Crippen LogP contribution < -0.4 is 5.32 Å². The van der Waals surface area contributed by atoms with Gasteiger partial charge < -0.3 is 10.4 Å². The van der Waals surface area contributed by atoms with Crippen LogP contribution in [0.5, 0.6) is 0 Å². The van der Waals surface area contributed by atoms with Crippen LogP contribution in [-0.4, -0.2) is 23.8 Å². The van der Waals surface area contributed by atoms with E-state index in [0.29, 0.717) is 12.0 Å². The van der Waals surface area contributed by atoms with Gasteiger partial charge in [-0.3, -0.25) is 0 Å². The van der Waals surface area contributed by atoms with Crippen molar-refractivity contribution < 1.29 is 5.11 Å². The first-order valence-electron chi connectivity index (χ1n) is 6.67. The molecule has 2 rings (SSSR count).